The van der Waals surface area contributed by atoms with Gasteiger partial charge >= 0.3 is 5.97 Å². The molecule has 1 aromatic rings. The minimum Gasteiger partial charge on any atom is -0.479 e. The third-order valence-electron chi connectivity index (χ3n) is 2.06. The summed E-state index contributed by atoms with van der Waals surface area (Å²) in [4.78, 5) is 10.6. The van der Waals surface area contributed by atoms with Gasteiger partial charge in [-0.25, -0.2) is 22.6 Å². The van der Waals surface area contributed by atoms with Crippen molar-refractivity contribution in [1.82, 2.24) is 19.7 Å². The average Bonchev–Trinajstić information content (AvgIpc) is 2.56. The van der Waals surface area contributed by atoms with Crippen LogP contribution in [0.3, 0.4) is 0 Å². The van der Waals surface area contributed by atoms with E-state index < -0.39 is 28.1 Å². The van der Waals surface area contributed by atoms with Crippen molar-refractivity contribution in [3.05, 3.63) is 4.60 Å². The second kappa shape index (κ2) is 4.91. The van der Waals surface area contributed by atoms with Gasteiger partial charge in [0.15, 0.2) is 10.2 Å². The first-order chi connectivity index (χ1) is 8.08. The largest absolute Gasteiger partial charge is 0.479 e. The number of aromatic nitrogens is 3. The van der Waals surface area contributed by atoms with Crippen molar-refractivity contribution in [2.24, 2.45) is 7.05 Å². The van der Waals surface area contributed by atoms with Crippen molar-refractivity contribution in [3.63, 3.8) is 0 Å². The Morgan fingerprint density at radius 1 is 1.61 bits per heavy atom. The summed E-state index contributed by atoms with van der Waals surface area (Å²) < 4.78 is 26.7. The van der Waals surface area contributed by atoms with Crippen LogP contribution in [0, 0.1) is 0 Å². The lowest BCUT2D eigenvalue weighted by Crippen LogP contribution is -2.46. The van der Waals surface area contributed by atoms with E-state index in [2.05, 4.69) is 26.2 Å². The van der Waals surface area contributed by atoms with Gasteiger partial charge in [-0.2, -0.15) is 0 Å². The highest BCUT2D eigenvalue weighted by atomic mass is 79.9. The van der Waals surface area contributed by atoms with Gasteiger partial charge in [-0.15, -0.1) is 5.10 Å². The standard InChI is InChI=1S/C7H11BrN4O5S/c1-7(15,6(13)14)3-9-18(16,17)5-4(8)10-11-12(5)2/h9,15H,3H2,1-2H3,(H,13,14). The van der Waals surface area contributed by atoms with Crippen LogP contribution in [0.15, 0.2) is 9.63 Å². The number of sulfonamides is 1. The van der Waals surface area contributed by atoms with Crippen LogP contribution in [-0.2, 0) is 21.9 Å². The molecule has 0 spiro atoms. The predicted molar refractivity (Wildman–Crippen MR) is 62.2 cm³/mol. The molecule has 102 valence electrons. The van der Waals surface area contributed by atoms with Crippen LogP contribution in [-0.4, -0.2) is 51.7 Å². The monoisotopic (exact) mass is 342 g/mol. The fourth-order valence-corrected chi connectivity index (χ4v) is 3.21. The third kappa shape index (κ3) is 3.04. The van der Waals surface area contributed by atoms with Crippen molar-refractivity contribution in [2.45, 2.75) is 17.6 Å². The van der Waals surface area contributed by atoms with E-state index in [9.17, 15) is 18.3 Å². The van der Waals surface area contributed by atoms with Gasteiger partial charge in [0.05, 0.1) is 6.54 Å². The molecule has 0 aromatic carbocycles. The molecule has 0 amide bonds. The highest BCUT2D eigenvalue weighted by Crippen LogP contribution is 2.17. The molecule has 9 nitrogen and oxygen atoms in total. The van der Waals surface area contributed by atoms with Crippen LogP contribution in [0.1, 0.15) is 6.92 Å². The van der Waals surface area contributed by atoms with Crippen molar-refractivity contribution in [1.29, 1.82) is 0 Å². The van der Waals surface area contributed by atoms with E-state index in [4.69, 9.17) is 5.11 Å². The zero-order chi connectivity index (χ0) is 14.1. The molecule has 18 heavy (non-hydrogen) atoms. The first-order valence-corrected chi connectivity index (χ1v) is 6.86. The summed E-state index contributed by atoms with van der Waals surface area (Å²) in [7, 11) is -2.66. The molecule has 11 heteroatoms. The average molecular weight is 343 g/mol. The molecule has 1 atom stereocenters. The molecule has 0 saturated heterocycles. The summed E-state index contributed by atoms with van der Waals surface area (Å²) >= 11 is 2.91. The van der Waals surface area contributed by atoms with Crippen LogP contribution >= 0.6 is 15.9 Å². The van der Waals surface area contributed by atoms with Crippen LogP contribution in [0.2, 0.25) is 0 Å². The Morgan fingerprint density at radius 3 is 2.56 bits per heavy atom. The topological polar surface area (TPSA) is 134 Å². The van der Waals surface area contributed by atoms with Crippen molar-refractivity contribution in [3.8, 4) is 0 Å². The molecule has 0 bridgehead atoms. The van der Waals surface area contributed by atoms with Crippen molar-refractivity contribution in [2.75, 3.05) is 6.54 Å². The molecule has 1 unspecified atom stereocenters. The number of aryl methyl sites for hydroxylation is 1. The van der Waals surface area contributed by atoms with E-state index in [-0.39, 0.29) is 9.63 Å². The van der Waals surface area contributed by atoms with Gasteiger partial charge < -0.3 is 10.2 Å². The minimum atomic E-state index is -4.03. The summed E-state index contributed by atoms with van der Waals surface area (Å²) in [6.45, 7) is 0.302. The lowest BCUT2D eigenvalue weighted by Gasteiger charge is -2.18. The van der Waals surface area contributed by atoms with E-state index in [1.54, 1.807) is 0 Å². The van der Waals surface area contributed by atoms with Gasteiger partial charge in [-0.1, -0.05) is 5.21 Å². The maximum Gasteiger partial charge on any atom is 0.336 e. The SMILES string of the molecule is Cn1nnc(Br)c1S(=O)(=O)NCC(C)(O)C(=O)O. The van der Waals surface area contributed by atoms with Gasteiger partial charge in [0, 0.05) is 7.05 Å². The predicted octanol–water partition coefficient (Wildman–Crippen LogP) is -1.31. The molecule has 1 heterocycles. The molecule has 0 aliphatic heterocycles. The Balaban J connectivity index is 2.95. The molecule has 0 radical (unpaired) electrons. The Kier molecular flexibility index (Phi) is 4.10. The number of nitrogens with zero attached hydrogens (tertiary/aromatic N) is 3. The van der Waals surface area contributed by atoms with Crippen molar-refractivity contribution >= 4 is 31.9 Å². The van der Waals surface area contributed by atoms with E-state index in [1.165, 1.54) is 7.05 Å². The number of aliphatic hydroxyl groups is 1. The molecule has 0 fully saturated rings. The fraction of sp³-hybridized carbons (Fsp3) is 0.571. The zero-order valence-electron chi connectivity index (χ0n) is 9.45. The first-order valence-electron chi connectivity index (χ1n) is 4.58. The van der Waals surface area contributed by atoms with E-state index >= 15 is 0 Å². The van der Waals surface area contributed by atoms with Crippen LogP contribution in [0.25, 0.3) is 0 Å². The first kappa shape index (κ1) is 15.0. The minimum absolute atomic E-state index is 0.00697. The van der Waals surface area contributed by atoms with E-state index in [0.717, 1.165) is 11.6 Å². The maximum absolute atomic E-state index is 11.9. The number of nitrogens with one attached hydrogen (secondary N) is 1. The molecule has 1 rings (SSSR count). The highest BCUT2D eigenvalue weighted by molar-refractivity contribution is 9.10. The third-order valence-corrected chi connectivity index (χ3v) is 4.35. The molecule has 0 aliphatic carbocycles. The molecule has 1 aromatic heterocycles. The number of rotatable bonds is 5. The Hall–Kier alpha value is -1.04. The lowest BCUT2D eigenvalue weighted by molar-refractivity contribution is -0.155. The van der Waals surface area contributed by atoms with Crippen LogP contribution in [0.5, 0.6) is 0 Å². The number of carboxylic acids is 1. The lowest BCUT2D eigenvalue weighted by atomic mass is 10.1. The molecule has 0 aliphatic rings. The second-order valence-electron chi connectivity index (χ2n) is 3.71. The number of halogens is 1. The quantitative estimate of drug-likeness (QED) is 0.604. The molecule has 3 N–H and O–H groups in total. The number of carbonyl (C=O) groups is 1. The van der Waals surface area contributed by atoms with Gasteiger partial charge in [-0.05, 0) is 22.9 Å². The zero-order valence-corrected chi connectivity index (χ0v) is 11.9. The van der Waals surface area contributed by atoms with E-state index in [1.807, 2.05) is 4.72 Å². The summed E-state index contributed by atoms with van der Waals surface area (Å²) in [5.74, 6) is -1.53. The van der Waals surface area contributed by atoms with Gasteiger partial charge in [-0.3, -0.25) is 0 Å². The molecular weight excluding hydrogens is 332 g/mol. The van der Waals surface area contributed by atoms with Crippen LogP contribution < -0.4 is 4.72 Å². The Morgan fingerprint density at radius 2 is 2.17 bits per heavy atom. The number of carboxylic acid groups (broad SMARTS) is 1. The van der Waals surface area contributed by atoms with Gasteiger partial charge in [0.25, 0.3) is 10.0 Å². The Labute approximate surface area is 111 Å². The normalized spacial score (nSPS) is 15.3. The van der Waals surface area contributed by atoms with E-state index in [0.29, 0.717) is 0 Å². The maximum atomic E-state index is 11.9. The van der Waals surface area contributed by atoms with Crippen molar-refractivity contribution < 1.29 is 23.4 Å². The number of hydrogen-bond acceptors (Lipinski definition) is 6. The molecular formula is C7H11BrN4O5S. The number of hydrogen-bond donors (Lipinski definition) is 3. The van der Waals surface area contributed by atoms with Gasteiger partial charge in [0.1, 0.15) is 0 Å². The fourth-order valence-electron chi connectivity index (χ4n) is 0.988. The summed E-state index contributed by atoms with van der Waals surface area (Å²) in [5.41, 5.74) is -2.20. The van der Waals surface area contributed by atoms with Gasteiger partial charge in [0.2, 0.25) is 5.03 Å². The van der Waals surface area contributed by atoms with Crippen LogP contribution in [0.4, 0.5) is 0 Å². The highest BCUT2D eigenvalue weighted by Gasteiger charge is 2.33. The smallest absolute Gasteiger partial charge is 0.336 e. The molecule has 0 saturated carbocycles. The Bertz CT molecular complexity index is 547. The second-order valence-corrected chi connectivity index (χ2v) is 6.15. The summed E-state index contributed by atoms with van der Waals surface area (Å²) in [6.07, 6.45) is 0. The summed E-state index contributed by atoms with van der Waals surface area (Å²) in [6, 6.07) is 0. The number of aliphatic carboxylic acids is 1. The summed E-state index contributed by atoms with van der Waals surface area (Å²) in [5, 5.41) is 24.8.